The molecule has 1 fully saturated rings. The SMILES string of the molecule is C#CCOC(C(=O)N[C@H]1CCCC[C@@H]1c1ccc(OC)c(OC)c1)c1ccc(Cl)c(Cl)c1. The van der Waals surface area contributed by atoms with Gasteiger partial charge in [0.2, 0.25) is 0 Å². The largest absolute Gasteiger partial charge is 0.493 e. The standard InChI is InChI=1S/C25H27Cl2NO4/c1-4-13-32-24(17-9-11-19(26)20(27)14-17)25(29)28-21-8-6-5-7-18(21)16-10-12-22(30-2)23(15-16)31-3/h1,9-12,14-15,18,21,24H,5-8,13H2,2-3H3,(H,28,29)/t18-,21+,24?/m1/s1. The highest BCUT2D eigenvalue weighted by Crippen LogP contribution is 2.38. The lowest BCUT2D eigenvalue weighted by Crippen LogP contribution is -2.43. The summed E-state index contributed by atoms with van der Waals surface area (Å²) in [6, 6.07) is 10.9. The molecule has 1 unspecified atom stereocenters. The number of hydrogen-bond acceptors (Lipinski definition) is 4. The van der Waals surface area contributed by atoms with E-state index in [2.05, 4.69) is 11.2 Å². The lowest BCUT2D eigenvalue weighted by Gasteiger charge is -2.34. The Hall–Kier alpha value is -2.39. The number of methoxy groups -OCH3 is 2. The summed E-state index contributed by atoms with van der Waals surface area (Å²) in [7, 11) is 3.23. The maximum atomic E-state index is 13.3. The second kappa shape index (κ2) is 11.5. The monoisotopic (exact) mass is 475 g/mol. The number of ether oxygens (including phenoxy) is 3. The highest BCUT2D eigenvalue weighted by molar-refractivity contribution is 6.42. The highest BCUT2D eigenvalue weighted by Gasteiger charge is 2.31. The topological polar surface area (TPSA) is 56.8 Å². The number of terminal acetylenes is 1. The van der Waals surface area contributed by atoms with Crippen LogP contribution in [0.5, 0.6) is 11.5 Å². The number of halogens is 2. The Labute approximate surface area is 199 Å². The van der Waals surface area contributed by atoms with Gasteiger partial charge in [-0.2, -0.15) is 0 Å². The third-order valence-electron chi connectivity index (χ3n) is 5.75. The molecule has 2 aromatic rings. The van der Waals surface area contributed by atoms with Crippen LogP contribution in [0.2, 0.25) is 10.0 Å². The van der Waals surface area contributed by atoms with Crippen LogP contribution in [0.3, 0.4) is 0 Å². The Morgan fingerprint density at radius 3 is 2.53 bits per heavy atom. The maximum absolute atomic E-state index is 13.3. The number of rotatable bonds is 8. The Bertz CT molecular complexity index is 988. The van der Waals surface area contributed by atoms with E-state index in [-0.39, 0.29) is 24.5 Å². The Balaban J connectivity index is 1.83. The van der Waals surface area contributed by atoms with Crippen molar-refractivity contribution in [3.8, 4) is 23.8 Å². The summed E-state index contributed by atoms with van der Waals surface area (Å²) in [4.78, 5) is 13.3. The molecule has 1 amide bonds. The van der Waals surface area contributed by atoms with Crippen LogP contribution in [-0.4, -0.2) is 32.8 Å². The Kier molecular flexibility index (Phi) is 8.69. The minimum Gasteiger partial charge on any atom is -0.493 e. The van der Waals surface area contributed by atoms with Gasteiger partial charge in [-0.3, -0.25) is 4.79 Å². The summed E-state index contributed by atoms with van der Waals surface area (Å²) in [6.07, 6.45) is 8.45. The van der Waals surface area contributed by atoms with Gasteiger partial charge in [-0.05, 0) is 48.2 Å². The van der Waals surface area contributed by atoms with Gasteiger partial charge < -0.3 is 19.5 Å². The summed E-state index contributed by atoms with van der Waals surface area (Å²) in [6.45, 7) is 0.00209. The van der Waals surface area contributed by atoms with Gasteiger partial charge in [0, 0.05) is 12.0 Å². The van der Waals surface area contributed by atoms with Crippen LogP contribution in [0.15, 0.2) is 36.4 Å². The van der Waals surface area contributed by atoms with Crippen molar-refractivity contribution in [2.75, 3.05) is 20.8 Å². The fourth-order valence-corrected chi connectivity index (χ4v) is 4.48. The molecular formula is C25H27Cl2NO4. The molecule has 1 N–H and O–H groups in total. The number of carbonyl (C=O) groups is 1. The first kappa shape index (κ1) is 24.3. The first-order chi connectivity index (χ1) is 15.5. The van der Waals surface area contributed by atoms with Crippen molar-refractivity contribution in [1.29, 1.82) is 0 Å². The summed E-state index contributed by atoms with van der Waals surface area (Å²) in [5.41, 5.74) is 1.70. The molecule has 32 heavy (non-hydrogen) atoms. The second-order valence-corrected chi connectivity index (χ2v) is 8.50. The zero-order valence-electron chi connectivity index (χ0n) is 18.2. The smallest absolute Gasteiger partial charge is 0.254 e. The van der Waals surface area contributed by atoms with E-state index in [1.807, 2.05) is 18.2 Å². The van der Waals surface area contributed by atoms with E-state index in [0.717, 1.165) is 31.2 Å². The molecule has 0 aromatic heterocycles. The molecule has 1 aliphatic carbocycles. The molecular weight excluding hydrogens is 449 g/mol. The lowest BCUT2D eigenvalue weighted by atomic mass is 9.79. The van der Waals surface area contributed by atoms with Crippen LogP contribution in [-0.2, 0) is 9.53 Å². The number of carbonyl (C=O) groups excluding carboxylic acids is 1. The van der Waals surface area contributed by atoms with E-state index in [0.29, 0.717) is 27.1 Å². The first-order valence-electron chi connectivity index (χ1n) is 10.5. The molecule has 3 atom stereocenters. The van der Waals surface area contributed by atoms with E-state index in [9.17, 15) is 4.79 Å². The molecule has 0 aliphatic heterocycles. The van der Waals surface area contributed by atoms with E-state index >= 15 is 0 Å². The molecule has 0 bridgehead atoms. The van der Waals surface area contributed by atoms with Crippen LogP contribution in [0.25, 0.3) is 0 Å². The molecule has 1 saturated carbocycles. The predicted octanol–water partition coefficient (Wildman–Crippen LogP) is 5.54. The summed E-state index contributed by atoms with van der Waals surface area (Å²) < 4.78 is 16.5. The molecule has 0 radical (unpaired) electrons. The average Bonchev–Trinajstić information content (AvgIpc) is 2.81. The van der Waals surface area contributed by atoms with Gasteiger partial charge in [-0.1, -0.05) is 54.1 Å². The van der Waals surface area contributed by atoms with Crippen LogP contribution in [0, 0.1) is 12.3 Å². The van der Waals surface area contributed by atoms with Gasteiger partial charge in [-0.15, -0.1) is 6.42 Å². The number of nitrogens with one attached hydrogen (secondary N) is 1. The fraction of sp³-hybridized carbons (Fsp3) is 0.400. The maximum Gasteiger partial charge on any atom is 0.254 e. The van der Waals surface area contributed by atoms with Crippen LogP contribution in [0.4, 0.5) is 0 Å². The molecule has 0 spiro atoms. The summed E-state index contributed by atoms with van der Waals surface area (Å²) in [5.74, 6) is 3.67. The fourth-order valence-electron chi connectivity index (χ4n) is 4.17. The second-order valence-electron chi connectivity index (χ2n) is 7.69. The van der Waals surface area contributed by atoms with Crippen molar-refractivity contribution >= 4 is 29.1 Å². The summed E-state index contributed by atoms with van der Waals surface area (Å²) >= 11 is 12.2. The molecule has 170 valence electrons. The minimum absolute atomic E-state index is 0.00209. The van der Waals surface area contributed by atoms with Crippen molar-refractivity contribution < 1.29 is 19.0 Å². The number of amides is 1. The lowest BCUT2D eigenvalue weighted by molar-refractivity contribution is -0.133. The molecule has 3 rings (SSSR count). The molecule has 0 heterocycles. The van der Waals surface area contributed by atoms with E-state index < -0.39 is 6.10 Å². The highest BCUT2D eigenvalue weighted by atomic mass is 35.5. The van der Waals surface area contributed by atoms with Crippen molar-refractivity contribution in [3.63, 3.8) is 0 Å². The van der Waals surface area contributed by atoms with Crippen LogP contribution in [0.1, 0.15) is 48.8 Å². The van der Waals surface area contributed by atoms with Crippen molar-refractivity contribution in [2.24, 2.45) is 0 Å². The predicted molar refractivity (Wildman–Crippen MR) is 127 cm³/mol. The van der Waals surface area contributed by atoms with Crippen LogP contribution < -0.4 is 14.8 Å². The number of hydrogen-bond donors (Lipinski definition) is 1. The van der Waals surface area contributed by atoms with Gasteiger partial charge in [-0.25, -0.2) is 0 Å². The zero-order chi connectivity index (χ0) is 23.1. The van der Waals surface area contributed by atoms with Gasteiger partial charge in [0.1, 0.15) is 6.61 Å². The Morgan fingerprint density at radius 1 is 1.09 bits per heavy atom. The first-order valence-corrected chi connectivity index (χ1v) is 11.3. The average molecular weight is 476 g/mol. The molecule has 2 aromatic carbocycles. The third-order valence-corrected chi connectivity index (χ3v) is 6.49. The molecule has 5 nitrogen and oxygen atoms in total. The molecule has 1 aliphatic rings. The van der Waals surface area contributed by atoms with E-state index in [4.69, 9.17) is 43.8 Å². The quantitative estimate of drug-likeness (QED) is 0.508. The van der Waals surface area contributed by atoms with E-state index in [1.54, 1.807) is 32.4 Å². The van der Waals surface area contributed by atoms with Gasteiger partial charge >= 0.3 is 0 Å². The van der Waals surface area contributed by atoms with E-state index in [1.165, 1.54) is 0 Å². The third kappa shape index (κ3) is 5.69. The van der Waals surface area contributed by atoms with Crippen molar-refractivity contribution in [3.05, 3.63) is 57.6 Å². The normalized spacial score (nSPS) is 19.0. The zero-order valence-corrected chi connectivity index (χ0v) is 19.7. The van der Waals surface area contributed by atoms with Crippen molar-refractivity contribution in [1.82, 2.24) is 5.32 Å². The van der Waals surface area contributed by atoms with Gasteiger partial charge in [0.25, 0.3) is 5.91 Å². The van der Waals surface area contributed by atoms with Crippen LogP contribution >= 0.6 is 23.2 Å². The molecule has 0 saturated heterocycles. The van der Waals surface area contributed by atoms with Crippen molar-refractivity contribution in [2.45, 2.75) is 43.7 Å². The van der Waals surface area contributed by atoms with Gasteiger partial charge in [0.15, 0.2) is 17.6 Å². The molecule has 7 heteroatoms. The Morgan fingerprint density at radius 2 is 1.84 bits per heavy atom. The minimum atomic E-state index is -0.881. The van der Waals surface area contributed by atoms with Gasteiger partial charge in [0.05, 0.1) is 24.3 Å². The summed E-state index contributed by atoms with van der Waals surface area (Å²) in [5, 5.41) is 3.96. The number of benzene rings is 2.